The quantitative estimate of drug-likeness (QED) is 0.224. The van der Waals surface area contributed by atoms with Crippen LogP contribution in [-0.2, 0) is 11.2 Å². The van der Waals surface area contributed by atoms with Crippen molar-refractivity contribution in [1.82, 2.24) is 4.98 Å². The third-order valence-corrected chi connectivity index (χ3v) is 6.96. The number of ether oxygens (including phenoxy) is 2. The van der Waals surface area contributed by atoms with E-state index < -0.39 is 5.97 Å². The van der Waals surface area contributed by atoms with Gasteiger partial charge in [-0.1, -0.05) is 36.8 Å². The van der Waals surface area contributed by atoms with Gasteiger partial charge in [0.2, 0.25) is 11.8 Å². The number of aromatic nitrogens is 1. The minimum Gasteiger partial charge on any atom is -0.490 e. The summed E-state index contributed by atoms with van der Waals surface area (Å²) in [4.78, 5) is 28.0. The van der Waals surface area contributed by atoms with Crippen molar-refractivity contribution in [2.45, 2.75) is 57.5 Å². The number of nitrogens with one attached hydrogen (secondary N) is 1. The van der Waals surface area contributed by atoms with Crippen LogP contribution in [0.15, 0.2) is 79.0 Å². The first-order valence-electron chi connectivity index (χ1n) is 13.5. The number of fused-ring (bicyclic) bond motifs is 1. The van der Waals surface area contributed by atoms with Crippen LogP contribution in [0.2, 0.25) is 0 Å². The molecule has 0 bridgehead atoms. The largest absolute Gasteiger partial charge is 0.490 e. The first-order chi connectivity index (χ1) is 19.0. The minimum atomic E-state index is -1.07. The van der Waals surface area contributed by atoms with Gasteiger partial charge in [-0.3, -0.25) is 4.79 Å². The number of nitrogens with zero attached hydrogens (tertiary/aromatic N) is 1. The van der Waals surface area contributed by atoms with Crippen molar-refractivity contribution in [3.63, 3.8) is 0 Å². The minimum absolute atomic E-state index is 0.0745. The average molecular weight is 525 g/mol. The first kappa shape index (κ1) is 26.2. The molecule has 0 saturated heterocycles. The zero-order valence-corrected chi connectivity index (χ0v) is 21.8. The standard InChI is InChI=1S/C32H32N2O5/c35-30(34-29-11-5-4-10-28(29)32(36)37)12-6-7-22-13-18-31(33-21-22)39-27-17-15-23-19-26(16-14-24(23)20-27)38-25-8-2-1-3-9-25/h4-5,10-11,13-21,25H,1-3,6-9,12H2,(H,34,35)(H,36,37). The number of hydrogen-bond donors (Lipinski definition) is 2. The lowest BCUT2D eigenvalue weighted by molar-refractivity contribution is -0.116. The van der Waals surface area contributed by atoms with Crippen molar-refractivity contribution in [3.8, 4) is 17.4 Å². The fourth-order valence-corrected chi connectivity index (χ4v) is 4.90. The molecule has 4 aromatic rings. The van der Waals surface area contributed by atoms with E-state index in [0.29, 0.717) is 36.3 Å². The Bertz CT molecular complexity index is 1440. The van der Waals surface area contributed by atoms with Gasteiger partial charge in [0.1, 0.15) is 11.5 Å². The molecule has 1 aromatic heterocycles. The molecule has 0 radical (unpaired) electrons. The molecule has 3 aromatic carbocycles. The summed E-state index contributed by atoms with van der Waals surface area (Å²) in [5.41, 5.74) is 1.37. The van der Waals surface area contributed by atoms with Gasteiger partial charge in [0.15, 0.2) is 0 Å². The zero-order chi connectivity index (χ0) is 27.0. The first-order valence-corrected chi connectivity index (χ1v) is 13.5. The Hall–Kier alpha value is -4.39. The number of para-hydroxylation sites is 1. The van der Waals surface area contributed by atoms with Crippen LogP contribution in [0.3, 0.4) is 0 Å². The number of amides is 1. The lowest BCUT2D eigenvalue weighted by Gasteiger charge is -2.23. The van der Waals surface area contributed by atoms with Gasteiger partial charge in [-0.05, 0) is 91.3 Å². The molecule has 200 valence electrons. The van der Waals surface area contributed by atoms with Crippen LogP contribution in [0.25, 0.3) is 10.8 Å². The molecule has 1 aliphatic rings. The number of carbonyl (C=O) groups is 2. The maximum Gasteiger partial charge on any atom is 0.337 e. The summed E-state index contributed by atoms with van der Waals surface area (Å²) in [5, 5.41) is 14.1. The van der Waals surface area contributed by atoms with Crippen LogP contribution in [0.5, 0.6) is 17.4 Å². The summed E-state index contributed by atoms with van der Waals surface area (Å²) in [5.74, 6) is 0.834. The van der Waals surface area contributed by atoms with E-state index >= 15 is 0 Å². The van der Waals surface area contributed by atoms with E-state index in [1.54, 1.807) is 24.4 Å². The molecule has 1 amide bonds. The summed E-state index contributed by atoms with van der Waals surface area (Å²) in [6, 6.07) is 22.3. The number of carboxylic acids is 1. The Morgan fingerprint density at radius 2 is 1.64 bits per heavy atom. The molecule has 1 saturated carbocycles. The van der Waals surface area contributed by atoms with Crippen molar-refractivity contribution in [3.05, 3.63) is 90.1 Å². The van der Waals surface area contributed by atoms with Gasteiger partial charge in [-0.15, -0.1) is 0 Å². The van der Waals surface area contributed by atoms with E-state index in [0.717, 1.165) is 34.9 Å². The number of aryl methyl sites for hydroxylation is 1. The van der Waals surface area contributed by atoms with Gasteiger partial charge in [0, 0.05) is 18.7 Å². The lowest BCUT2D eigenvalue weighted by Crippen LogP contribution is -2.19. The number of carbonyl (C=O) groups excluding carboxylic acids is 1. The van der Waals surface area contributed by atoms with Crippen LogP contribution in [0.4, 0.5) is 5.69 Å². The summed E-state index contributed by atoms with van der Waals surface area (Å²) >= 11 is 0. The SMILES string of the molecule is O=C(CCCc1ccc(Oc2ccc3cc(OC4CCCCC4)ccc3c2)nc1)Nc1ccccc1C(=O)O. The molecule has 1 heterocycles. The van der Waals surface area contributed by atoms with Crippen molar-refractivity contribution >= 4 is 28.3 Å². The topological polar surface area (TPSA) is 97.8 Å². The number of rotatable bonds is 10. The Labute approximate surface area is 227 Å². The fraction of sp³-hybridized carbons (Fsp3) is 0.281. The second-order valence-corrected chi connectivity index (χ2v) is 9.91. The van der Waals surface area contributed by atoms with Gasteiger partial charge < -0.3 is 19.9 Å². The third kappa shape index (κ3) is 7.13. The van der Waals surface area contributed by atoms with Crippen molar-refractivity contribution < 1.29 is 24.2 Å². The van der Waals surface area contributed by atoms with E-state index in [1.807, 2.05) is 36.4 Å². The number of benzene rings is 3. The Balaban J connectivity index is 1.11. The second-order valence-electron chi connectivity index (χ2n) is 9.91. The highest BCUT2D eigenvalue weighted by molar-refractivity contribution is 6.00. The van der Waals surface area contributed by atoms with Gasteiger partial charge in [0.25, 0.3) is 0 Å². The Morgan fingerprint density at radius 1 is 0.897 bits per heavy atom. The van der Waals surface area contributed by atoms with Gasteiger partial charge >= 0.3 is 5.97 Å². The monoisotopic (exact) mass is 524 g/mol. The molecule has 5 rings (SSSR count). The van der Waals surface area contributed by atoms with Gasteiger partial charge in [-0.2, -0.15) is 0 Å². The number of carboxylic acid groups (broad SMARTS) is 1. The molecule has 0 unspecified atom stereocenters. The van der Waals surface area contributed by atoms with E-state index in [1.165, 1.54) is 25.3 Å². The second kappa shape index (κ2) is 12.4. The molecule has 0 spiro atoms. The number of pyridine rings is 1. The maximum absolute atomic E-state index is 12.3. The number of aromatic carboxylic acids is 1. The van der Waals surface area contributed by atoms with Crippen molar-refractivity contribution in [2.24, 2.45) is 0 Å². The highest BCUT2D eigenvalue weighted by Gasteiger charge is 2.15. The fourth-order valence-electron chi connectivity index (χ4n) is 4.90. The van der Waals surface area contributed by atoms with Gasteiger partial charge in [-0.25, -0.2) is 9.78 Å². The summed E-state index contributed by atoms with van der Waals surface area (Å²) in [6.07, 6.45) is 9.71. The van der Waals surface area contributed by atoms with E-state index in [9.17, 15) is 14.7 Å². The zero-order valence-electron chi connectivity index (χ0n) is 21.8. The number of hydrogen-bond acceptors (Lipinski definition) is 5. The van der Waals surface area contributed by atoms with Crippen LogP contribution in [-0.4, -0.2) is 28.1 Å². The smallest absolute Gasteiger partial charge is 0.337 e. The van der Waals surface area contributed by atoms with Crippen LogP contribution < -0.4 is 14.8 Å². The molecule has 0 aliphatic heterocycles. The Morgan fingerprint density at radius 3 is 2.38 bits per heavy atom. The van der Waals surface area contributed by atoms with E-state index in [2.05, 4.69) is 22.4 Å². The molecule has 0 atom stereocenters. The van der Waals surface area contributed by atoms with E-state index in [4.69, 9.17) is 9.47 Å². The Kier molecular flexibility index (Phi) is 8.36. The highest BCUT2D eigenvalue weighted by Crippen LogP contribution is 2.29. The molecule has 2 N–H and O–H groups in total. The van der Waals surface area contributed by atoms with Crippen molar-refractivity contribution in [1.29, 1.82) is 0 Å². The molecule has 39 heavy (non-hydrogen) atoms. The van der Waals surface area contributed by atoms with Crippen LogP contribution in [0.1, 0.15) is 60.9 Å². The predicted octanol–water partition coefficient (Wildman–Crippen LogP) is 7.40. The third-order valence-electron chi connectivity index (χ3n) is 6.96. The highest BCUT2D eigenvalue weighted by atomic mass is 16.5. The summed E-state index contributed by atoms with van der Waals surface area (Å²) < 4.78 is 12.2. The summed E-state index contributed by atoms with van der Waals surface area (Å²) in [6.45, 7) is 0. The molecule has 1 aliphatic carbocycles. The summed E-state index contributed by atoms with van der Waals surface area (Å²) in [7, 11) is 0. The number of anilines is 1. The lowest BCUT2D eigenvalue weighted by atomic mass is 9.98. The van der Waals surface area contributed by atoms with Gasteiger partial charge in [0.05, 0.1) is 17.4 Å². The van der Waals surface area contributed by atoms with E-state index in [-0.39, 0.29) is 17.9 Å². The predicted molar refractivity (Wildman–Crippen MR) is 151 cm³/mol. The molecule has 7 heteroatoms. The molecular weight excluding hydrogens is 492 g/mol. The average Bonchev–Trinajstić information content (AvgIpc) is 2.95. The maximum atomic E-state index is 12.3. The molecule has 7 nitrogen and oxygen atoms in total. The van der Waals surface area contributed by atoms with Crippen LogP contribution in [0, 0.1) is 0 Å². The molecule has 1 fully saturated rings. The van der Waals surface area contributed by atoms with Crippen molar-refractivity contribution in [2.75, 3.05) is 5.32 Å². The molecular formula is C32H32N2O5. The normalized spacial score (nSPS) is 13.6. The van der Waals surface area contributed by atoms with Crippen LogP contribution >= 0.6 is 0 Å².